The molecule has 2 rings (SSSR count). The summed E-state index contributed by atoms with van der Waals surface area (Å²) in [4.78, 5) is 28.3. The van der Waals surface area contributed by atoms with Crippen LogP contribution in [-0.2, 0) is 9.59 Å². The first kappa shape index (κ1) is 26.2. The number of amides is 2. The molecule has 1 aliphatic heterocycles. The monoisotopic (exact) mass is 435 g/mol. The zero-order chi connectivity index (χ0) is 23.0. The molecule has 0 bridgehead atoms. The molecule has 0 aromatic rings. The van der Waals surface area contributed by atoms with Crippen molar-refractivity contribution in [2.75, 3.05) is 19.6 Å². The lowest BCUT2D eigenvalue weighted by molar-refractivity contribution is -0.133. The highest BCUT2D eigenvalue weighted by Crippen LogP contribution is 2.39. The molecule has 0 spiro atoms. The van der Waals surface area contributed by atoms with Crippen LogP contribution in [0.2, 0.25) is 0 Å². The average molecular weight is 436 g/mol. The molecule has 180 valence electrons. The second-order valence-corrected chi connectivity index (χ2v) is 11.4. The second kappa shape index (κ2) is 12.2. The van der Waals surface area contributed by atoms with Crippen molar-refractivity contribution in [3.05, 3.63) is 0 Å². The van der Waals surface area contributed by atoms with Gasteiger partial charge in [-0.25, -0.2) is 0 Å². The maximum absolute atomic E-state index is 12.9. The van der Waals surface area contributed by atoms with Crippen molar-refractivity contribution in [1.29, 1.82) is 0 Å². The molecule has 1 saturated carbocycles. The van der Waals surface area contributed by atoms with E-state index in [1.165, 1.54) is 32.2 Å². The summed E-state index contributed by atoms with van der Waals surface area (Å²) in [5, 5.41) is 6.18. The molecule has 5 nitrogen and oxygen atoms in total. The molecule has 2 fully saturated rings. The van der Waals surface area contributed by atoms with Gasteiger partial charge in [-0.3, -0.25) is 9.59 Å². The molecule has 1 saturated heterocycles. The number of hydrogen-bond donors (Lipinski definition) is 2. The van der Waals surface area contributed by atoms with Gasteiger partial charge in [0.15, 0.2) is 0 Å². The molecule has 2 aliphatic rings. The quantitative estimate of drug-likeness (QED) is 0.514. The summed E-state index contributed by atoms with van der Waals surface area (Å²) in [5.74, 6) is 0.866. The summed E-state index contributed by atoms with van der Waals surface area (Å²) in [6.07, 6.45) is 10.2. The van der Waals surface area contributed by atoms with E-state index in [4.69, 9.17) is 0 Å². The molecule has 5 heteroatoms. The smallest absolute Gasteiger partial charge is 0.242 e. The third-order valence-electron chi connectivity index (χ3n) is 7.71. The van der Waals surface area contributed by atoms with Crippen LogP contribution >= 0.6 is 0 Å². The number of piperidine rings is 1. The molecular formula is C26H49N3O2. The van der Waals surface area contributed by atoms with E-state index < -0.39 is 6.04 Å². The van der Waals surface area contributed by atoms with Gasteiger partial charge in [0.2, 0.25) is 11.8 Å². The minimum atomic E-state index is -0.439. The topological polar surface area (TPSA) is 61.4 Å². The molecule has 1 aliphatic carbocycles. The highest BCUT2D eigenvalue weighted by Gasteiger charge is 2.34. The van der Waals surface area contributed by atoms with Crippen LogP contribution in [-0.4, -0.2) is 48.4 Å². The Morgan fingerprint density at radius 3 is 2.29 bits per heavy atom. The van der Waals surface area contributed by atoms with Gasteiger partial charge >= 0.3 is 0 Å². The SMILES string of the molecule is CC[C@H]1CCCCN1CCCNC(=O)[C@H](NC(=O)C1CCC(C(C)(C)C)CC1)C(C)C. The zero-order valence-corrected chi connectivity index (χ0v) is 21.1. The van der Waals surface area contributed by atoms with E-state index in [2.05, 4.69) is 43.2 Å². The van der Waals surface area contributed by atoms with Gasteiger partial charge in [0, 0.05) is 25.0 Å². The Labute approximate surface area is 191 Å². The fraction of sp³-hybridized carbons (Fsp3) is 0.923. The van der Waals surface area contributed by atoms with Crippen LogP contribution in [0.4, 0.5) is 0 Å². The predicted molar refractivity (Wildman–Crippen MR) is 129 cm³/mol. The van der Waals surface area contributed by atoms with Crippen molar-refractivity contribution in [3.8, 4) is 0 Å². The van der Waals surface area contributed by atoms with Crippen LogP contribution in [0, 0.1) is 23.2 Å². The van der Waals surface area contributed by atoms with Gasteiger partial charge in [0.25, 0.3) is 0 Å². The van der Waals surface area contributed by atoms with Gasteiger partial charge in [0.05, 0.1) is 0 Å². The van der Waals surface area contributed by atoms with Crippen molar-refractivity contribution in [2.45, 2.75) is 111 Å². The normalized spacial score (nSPS) is 26.5. The lowest BCUT2D eigenvalue weighted by Crippen LogP contribution is -2.52. The number of carbonyl (C=O) groups excluding carboxylic acids is 2. The standard InChI is InChI=1S/C26H49N3O2/c1-7-22-11-8-9-17-29(22)18-10-16-27-25(31)23(19(2)3)28-24(30)20-12-14-21(15-13-20)26(4,5)6/h19-23H,7-18H2,1-6H3,(H,27,31)(H,28,30)/t20?,21?,22-,23+/m0/s1. The van der Waals surface area contributed by atoms with Gasteiger partial charge in [0.1, 0.15) is 6.04 Å². The van der Waals surface area contributed by atoms with Crippen molar-refractivity contribution >= 4 is 11.8 Å². The molecular weight excluding hydrogens is 386 g/mol. The van der Waals surface area contributed by atoms with E-state index in [0.717, 1.165) is 38.6 Å². The molecule has 0 aromatic carbocycles. The van der Waals surface area contributed by atoms with Crippen molar-refractivity contribution in [1.82, 2.24) is 15.5 Å². The summed E-state index contributed by atoms with van der Waals surface area (Å²) in [6.45, 7) is 16.1. The van der Waals surface area contributed by atoms with Crippen LogP contribution in [0.5, 0.6) is 0 Å². The zero-order valence-electron chi connectivity index (χ0n) is 21.1. The van der Waals surface area contributed by atoms with Crippen LogP contribution in [0.25, 0.3) is 0 Å². The lowest BCUT2D eigenvalue weighted by atomic mass is 9.69. The predicted octanol–water partition coefficient (Wildman–Crippen LogP) is 4.75. The summed E-state index contributed by atoms with van der Waals surface area (Å²) in [7, 11) is 0. The second-order valence-electron chi connectivity index (χ2n) is 11.4. The van der Waals surface area contributed by atoms with Gasteiger partial charge in [-0.2, -0.15) is 0 Å². The average Bonchev–Trinajstić information content (AvgIpc) is 2.74. The first-order valence-electron chi connectivity index (χ1n) is 13.0. The Bertz CT molecular complexity index is 561. The molecule has 31 heavy (non-hydrogen) atoms. The third-order valence-corrected chi connectivity index (χ3v) is 7.71. The van der Waals surface area contributed by atoms with E-state index in [1.807, 2.05) is 13.8 Å². The first-order chi connectivity index (χ1) is 14.6. The van der Waals surface area contributed by atoms with Crippen molar-refractivity contribution in [3.63, 3.8) is 0 Å². The molecule has 2 N–H and O–H groups in total. The highest BCUT2D eigenvalue weighted by molar-refractivity contribution is 5.88. The molecule has 1 heterocycles. The minimum absolute atomic E-state index is 0.0302. The number of rotatable bonds is 9. The molecule has 0 aromatic heterocycles. The van der Waals surface area contributed by atoms with Crippen molar-refractivity contribution < 1.29 is 9.59 Å². The first-order valence-corrected chi connectivity index (χ1v) is 13.0. The largest absolute Gasteiger partial charge is 0.354 e. The Balaban J connectivity index is 1.75. The Kier molecular flexibility index (Phi) is 10.3. The number of nitrogens with one attached hydrogen (secondary N) is 2. The molecule has 0 radical (unpaired) electrons. The summed E-state index contributed by atoms with van der Waals surface area (Å²) in [6, 6.07) is 0.270. The van der Waals surface area contributed by atoms with E-state index in [9.17, 15) is 9.59 Å². The van der Waals surface area contributed by atoms with E-state index in [0.29, 0.717) is 23.9 Å². The fourth-order valence-electron chi connectivity index (χ4n) is 5.45. The van der Waals surface area contributed by atoms with Crippen LogP contribution in [0.1, 0.15) is 99.3 Å². The Morgan fingerprint density at radius 1 is 1.03 bits per heavy atom. The number of carbonyl (C=O) groups is 2. The number of nitrogens with zero attached hydrogens (tertiary/aromatic N) is 1. The molecule has 2 atom stereocenters. The summed E-state index contributed by atoms with van der Waals surface area (Å²) in [5.41, 5.74) is 0.313. The lowest BCUT2D eigenvalue weighted by Gasteiger charge is -2.37. The molecule has 2 amide bonds. The maximum atomic E-state index is 12.9. The fourth-order valence-corrected chi connectivity index (χ4v) is 5.45. The maximum Gasteiger partial charge on any atom is 0.242 e. The van der Waals surface area contributed by atoms with Crippen LogP contribution < -0.4 is 10.6 Å². The highest BCUT2D eigenvalue weighted by atomic mass is 16.2. The van der Waals surface area contributed by atoms with Gasteiger partial charge in [-0.05, 0) is 75.2 Å². The summed E-state index contributed by atoms with van der Waals surface area (Å²) < 4.78 is 0. The van der Waals surface area contributed by atoms with Crippen LogP contribution in [0.3, 0.4) is 0 Å². The van der Waals surface area contributed by atoms with Gasteiger partial charge < -0.3 is 15.5 Å². The molecule has 0 unspecified atom stereocenters. The Hall–Kier alpha value is -1.10. The van der Waals surface area contributed by atoms with Crippen LogP contribution in [0.15, 0.2) is 0 Å². The number of hydrogen-bond acceptors (Lipinski definition) is 3. The number of likely N-dealkylation sites (tertiary alicyclic amines) is 1. The van der Waals surface area contributed by atoms with E-state index in [-0.39, 0.29) is 23.7 Å². The van der Waals surface area contributed by atoms with Gasteiger partial charge in [-0.15, -0.1) is 0 Å². The third kappa shape index (κ3) is 8.07. The minimum Gasteiger partial charge on any atom is -0.354 e. The summed E-state index contributed by atoms with van der Waals surface area (Å²) >= 11 is 0. The van der Waals surface area contributed by atoms with E-state index >= 15 is 0 Å². The van der Waals surface area contributed by atoms with Crippen molar-refractivity contribution in [2.24, 2.45) is 23.2 Å². The van der Waals surface area contributed by atoms with Gasteiger partial charge in [-0.1, -0.05) is 48.0 Å². The van der Waals surface area contributed by atoms with E-state index in [1.54, 1.807) is 0 Å². The Morgan fingerprint density at radius 2 is 1.71 bits per heavy atom.